The smallest absolute Gasteiger partial charge is 0.242 e. The van der Waals surface area contributed by atoms with Crippen LogP contribution in [0.25, 0.3) is 0 Å². The largest absolute Gasteiger partial charge is 0.389 e. The first-order valence-corrected chi connectivity index (χ1v) is 6.03. The molecule has 1 unspecified atom stereocenters. The van der Waals surface area contributed by atoms with Gasteiger partial charge in [0, 0.05) is 18.7 Å². The van der Waals surface area contributed by atoms with E-state index < -0.39 is 18.0 Å². The van der Waals surface area contributed by atoms with Crippen LogP contribution in [-0.2, 0) is 4.79 Å². The van der Waals surface area contributed by atoms with E-state index in [9.17, 15) is 14.3 Å². The number of nitrogens with zero attached hydrogens (tertiary/aromatic N) is 1. The average Bonchev–Trinajstić information content (AvgIpc) is 2.33. The molecule has 18 heavy (non-hydrogen) atoms. The lowest BCUT2D eigenvalue weighted by molar-refractivity contribution is -0.122. The number of benzene rings is 1. The highest BCUT2D eigenvalue weighted by atomic mass is 19.1. The molecule has 2 rings (SSSR count). The first kappa shape index (κ1) is 12.8. The molecule has 1 aromatic carbocycles. The van der Waals surface area contributed by atoms with Crippen LogP contribution in [0.5, 0.6) is 0 Å². The topological polar surface area (TPSA) is 52.6 Å². The van der Waals surface area contributed by atoms with Gasteiger partial charge >= 0.3 is 0 Å². The fraction of sp³-hybridized carbons (Fsp3) is 0.462. The highest BCUT2D eigenvalue weighted by Crippen LogP contribution is 2.31. The number of carbonyl (C=O) groups is 1. The minimum atomic E-state index is -0.770. The van der Waals surface area contributed by atoms with Gasteiger partial charge in [0.2, 0.25) is 5.91 Å². The molecule has 0 aromatic heterocycles. The standard InChI is InChI=1S/C13H17FN2O2/c1-8-13(18)15-6-7-16(8)12-10(9(2)17)4-3-5-11(12)14/h3-5,8-9,17H,6-7H2,1-2H3,(H,15,18)/t8?,9-/m1/s1. The highest BCUT2D eigenvalue weighted by molar-refractivity contribution is 5.86. The zero-order chi connectivity index (χ0) is 13.3. The van der Waals surface area contributed by atoms with Gasteiger partial charge in [0.1, 0.15) is 11.9 Å². The van der Waals surface area contributed by atoms with Crippen LogP contribution in [0.2, 0.25) is 0 Å². The molecule has 0 aliphatic carbocycles. The van der Waals surface area contributed by atoms with E-state index in [0.717, 1.165) is 0 Å². The van der Waals surface area contributed by atoms with Gasteiger partial charge in [0.15, 0.2) is 0 Å². The summed E-state index contributed by atoms with van der Waals surface area (Å²) in [6.07, 6.45) is -0.770. The van der Waals surface area contributed by atoms with E-state index in [-0.39, 0.29) is 5.91 Å². The molecule has 2 N–H and O–H groups in total. The molecule has 1 fully saturated rings. The van der Waals surface area contributed by atoms with Crippen molar-refractivity contribution in [2.75, 3.05) is 18.0 Å². The van der Waals surface area contributed by atoms with E-state index in [2.05, 4.69) is 5.32 Å². The summed E-state index contributed by atoms with van der Waals surface area (Å²) in [4.78, 5) is 13.3. The molecule has 1 amide bonds. The molecule has 1 heterocycles. The van der Waals surface area contributed by atoms with E-state index >= 15 is 0 Å². The van der Waals surface area contributed by atoms with Gasteiger partial charge in [-0.25, -0.2) is 4.39 Å². The number of hydrogen-bond donors (Lipinski definition) is 2. The zero-order valence-electron chi connectivity index (χ0n) is 10.5. The molecule has 4 nitrogen and oxygen atoms in total. The fourth-order valence-corrected chi connectivity index (χ4v) is 2.26. The number of anilines is 1. The predicted molar refractivity (Wildman–Crippen MR) is 66.9 cm³/mol. The first-order valence-electron chi connectivity index (χ1n) is 6.03. The number of nitrogens with one attached hydrogen (secondary N) is 1. The van der Waals surface area contributed by atoms with Crippen LogP contribution in [0, 0.1) is 5.82 Å². The summed E-state index contributed by atoms with van der Waals surface area (Å²) in [5.41, 5.74) is 0.839. The Balaban J connectivity index is 2.46. The SMILES string of the molecule is CC1C(=O)NCCN1c1c(F)cccc1[C@@H](C)O. The van der Waals surface area contributed by atoms with Gasteiger partial charge in [0.25, 0.3) is 0 Å². The summed E-state index contributed by atoms with van der Waals surface area (Å²) in [5, 5.41) is 12.5. The van der Waals surface area contributed by atoms with Gasteiger partial charge in [-0.15, -0.1) is 0 Å². The molecule has 2 atom stereocenters. The van der Waals surface area contributed by atoms with Gasteiger partial charge in [0.05, 0.1) is 11.8 Å². The minimum Gasteiger partial charge on any atom is -0.389 e. The minimum absolute atomic E-state index is 0.124. The van der Waals surface area contributed by atoms with Crippen molar-refractivity contribution in [3.63, 3.8) is 0 Å². The van der Waals surface area contributed by atoms with Crippen LogP contribution >= 0.6 is 0 Å². The number of aliphatic hydroxyl groups excluding tert-OH is 1. The van der Waals surface area contributed by atoms with E-state index in [0.29, 0.717) is 24.3 Å². The van der Waals surface area contributed by atoms with E-state index in [1.54, 1.807) is 30.9 Å². The molecule has 0 radical (unpaired) electrons. The lowest BCUT2D eigenvalue weighted by Gasteiger charge is -2.36. The van der Waals surface area contributed by atoms with Gasteiger partial charge < -0.3 is 15.3 Å². The molecule has 1 saturated heterocycles. The van der Waals surface area contributed by atoms with Crippen LogP contribution in [0.1, 0.15) is 25.5 Å². The summed E-state index contributed by atoms with van der Waals surface area (Å²) in [5.74, 6) is -0.531. The number of rotatable bonds is 2. The Morgan fingerprint density at radius 1 is 1.56 bits per heavy atom. The van der Waals surface area contributed by atoms with Gasteiger partial charge in [-0.05, 0) is 19.9 Å². The van der Waals surface area contributed by atoms with Crippen LogP contribution in [0.4, 0.5) is 10.1 Å². The maximum Gasteiger partial charge on any atom is 0.242 e. The monoisotopic (exact) mass is 252 g/mol. The maximum absolute atomic E-state index is 14.0. The van der Waals surface area contributed by atoms with Gasteiger partial charge in [-0.1, -0.05) is 12.1 Å². The summed E-state index contributed by atoms with van der Waals surface area (Å²) in [6.45, 7) is 4.34. The molecule has 1 aliphatic rings. The van der Waals surface area contributed by atoms with Gasteiger partial charge in [-0.2, -0.15) is 0 Å². The second-order valence-corrected chi connectivity index (χ2v) is 4.51. The number of para-hydroxylation sites is 1. The quantitative estimate of drug-likeness (QED) is 0.831. The van der Waals surface area contributed by atoms with Crippen molar-refractivity contribution in [3.05, 3.63) is 29.6 Å². The molecule has 98 valence electrons. The molecule has 1 aliphatic heterocycles. The Morgan fingerprint density at radius 3 is 2.94 bits per heavy atom. The molecule has 0 bridgehead atoms. The molecule has 5 heteroatoms. The van der Waals surface area contributed by atoms with Gasteiger partial charge in [-0.3, -0.25) is 4.79 Å². The van der Waals surface area contributed by atoms with Crippen LogP contribution in [0.3, 0.4) is 0 Å². The van der Waals surface area contributed by atoms with Crippen molar-refractivity contribution in [3.8, 4) is 0 Å². The Kier molecular flexibility index (Phi) is 3.52. The van der Waals surface area contributed by atoms with Crippen molar-refractivity contribution in [1.82, 2.24) is 5.32 Å². The van der Waals surface area contributed by atoms with E-state index in [1.807, 2.05) is 0 Å². The normalized spacial score (nSPS) is 21.7. The van der Waals surface area contributed by atoms with Crippen LogP contribution in [-0.4, -0.2) is 30.1 Å². The third-order valence-corrected chi connectivity index (χ3v) is 3.25. The highest BCUT2D eigenvalue weighted by Gasteiger charge is 2.29. The second-order valence-electron chi connectivity index (χ2n) is 4.51. The summed E-state index contributed by atoms with van der Waals surface area (Å²) >= 11 is 0. The lowest BCUT2D eigenvalue weighted by atomic mass is 10.0. The predicted octanol–water partition coefficient (Wildman–Crippen LogP) is 1.20. The van der Waals surface area contributed by atoms with Crippen molar-refractivity contribution in [2.45, 2.75) is 26.0 Å². The Labute approximate surface area is 105 Å². The van der Waals surface area contributed by atoms with E-state index in [4.69, 9.17) is 0 Å². The van der Waals surface area contributed by atoms with Crippen molar-refractivity contribution < 1.29 is 14.3 Å². The number of hydrogen-bond acceptors (Lipinski definition) is 3. The van der Waals surface area contributed by atoms with E-state index in [1.165, 1.54) is 6.07 Å². The van der Waals surface area contributed by atoms with Crippen LogP contribution in [0.15, 0.2) is 18.2 Å². The Morgan fingerprint density at radius 2 is 2.28 bits per heavy atom. The number of amides is 1. The molecule has 1 aromatic rings. The Bertz CT molecular complexity index is 462. The van der Waals surface area contributed by atoms with Crippen LogP contribution < -0.4 is 10.2 Å². The summed E-state index contributed by atoms with van der Waals surface area (Å²) in [6, 6.07) is 4.16. The zero-order valence-corrected chi connectivity index (χ0v) is 10.5. The Hall–Kier alpha value is -1.62. The second kappa shape index (κ2) is 4.94. The fourth-order valence-electron chi connectivity index (χ4n) is 2.26. The molecular formula is C13H17FN2O2. The first-order chi connectivity index (χ1) is 8.52. The third kappa shape index (κ3) is 2.18. The third-order valence-electron chi connectivity index (χ3n) is 3.25. The average molecular weight is 252 g/mol. The van der Waals surface area contributed by atoms with Crippen molar-refractivity contribution >= 4 is 11.6 Å². The number of aliphatic hydroxyl groups is 1. The molecule has 0 spiro atoms. The number of carbonyl (C=O) groups excluding carboxylic acids is 1. The van der Waals surface area contributed by atoms with Crippen molar-refractivity contribution in [2.24, 2.45) is 0 Å². The summed E-state index contributed by atoms with van der Waals surface area (Å²) < 4.78 is 14.0. The number of halogens is 1. The summed E-state index contributed by atoms with van der Waals surface area (Å²) in [7, 11) is 0. The molecular weight excluding hydrogens is 235 g/mol. The lowest BCUT2D eigenvalue weighted by Crippen LogP contribution is -2.54. The maximum atomic E-state index is 14.0. The number of piperazine rings is 1. The molecule has 0 saturated carbocycles. The van der Waals surface area contributed by atoms with Crippen molar-refractivity contribution in [1.29, 1.82) is 0 Å².